The molecular formula is C18H14ClN3OS. The fourth-order valence-electron chi connectivity index (χ4n) is 1.98. The summed E-state index contributed by atoms with van der Waals surface area (Å²) in [5, 5.41) is 6.26. The highest BCUT2D eigenvalue weighted by Crippen LogP contribution is 2.21. The molecule has 2 aromatic heterocycles. The smallest absolute Gasteiger partial charge is 0.244 e. The number of nitrogens with one attached hydrogen (secondary N) is 1. The average Bonchev–Trinajstić information content (AvgIpc) is 3.09. The minimum Gasteiger partial charge on any atom is -0.347 e. The molecule has 0 radical (unpaired) electrons. The summed E-state index contributed by atoms with van der Waals surface area (Å²) < 4.78 is 0. The van der Waals surface area contributed by atoms with Crippen LogP contribution in [0.4, 0.5) is 0 Å². The molecule has 0 aliphatic rings. The van der Waals surface area contributed by atoms with Gasteiger partial charge in [0.25, 0.3) is 0 Å². The van der Waals surface area contributed by atoms with Gasteiger partial charge in [-0.15, -0.1) is 11.3 Å². The lowest BCUT2D eigenvalue weighted by atomic mass is 10.2. The topological polar surface area (TPSA) is 54.9 Å². The van der Waals surface area contributed by atoms with Crippen molar-refractivity contribution < 1.29 is 4.79 Å². The molecular weight excluding hydrogens is 342 g/mol. The molecule has 0 aliphatic carbocycles. The molecule has 0 fully saturated rings. The molecule has 6 heteroatoms. The highest BCUT2D eigenvalue weighted by Gasteiger charge is 2.06. The van der Waals surface area contributed by atoms with Gasteiger partial charge in [0.2, 0.25) is 5.91 Å². The maximum atomic E-state index is 11.9. The summed E-state index contributed by atoms with van der Waals surface area (Å²) in [6.45, 7) is 0.382. The third-order valence-corrected chi connectivity index (χ3v) is 4.34. The lowest BCUT2D eigenvalue weighted by molar-refractivity contribution is -0.116. The Morgan fingerprint density at radius 1 is 1.21 bits per heavy atom. The van der Waals surface area contributed by atoms with Gasteiger partial charge < -0.3 is 5.32 Å². The first kappa shape index (κ1) is 16.4. The highest BCUT2D eigenvalue weighted by atomic mass is 35.5. The second-order valence-corrected chi connectivity index (χ2v) is 6.26. The Kier molecular flexibility index (Phi) is 5.36. The van der Waals surface area contributed by atoms with E-state index in [0.29, 0.717) is 11.6 Å². The lowest BCUT2D eigenvalue weighted by Crippen LogP contribution is -2.20. The molecule has 0 saturated carbocycles. The molecule has 120 valence electrons. The number of hydrogen-bond donors (Lipinski definition) is 1. The number of carbonyl (C=O) groups is 1. The Hall–Kier alpha value is -2.50. The molecule has 0 atom stereocenters. The Labute approximate surface area is 148 Å². The summed E-state index contributed by atoms with van der Waals surface area (Å²) in [5.74, 6) is -0.169. The standard InChI is InChI=1S/C18H14ClN3OS/c19-14-7-4-13(5-8-14)6-9-17(23)21-11-15-12-24-18(22-15)16-3-1-2-10-20-16/h1-10,12H,11H2,(H,21,23)/b9-6+. The van der Waals surface area contributed by atoms with E-state index in [1.807, 2.05) is 35.7 Å². The fraction of sp³-hybridized carbons (Fsp3) is 0.0556. The number of aromatic nitrogens is 2. The predicted octanol–water partition coefficient (Wildman–Crippen LogP) is 4.19. The second-order valence-electron chi connectivity index (χ2n) is 4.96. The monoisotopic (exact) mass is 355 g/mol. The van der Waals surface area contributed by atoms with E-state index in [9.17, 15) is 4.79 Å². The molecule has 1 aromatic carbocycles. The van der Waals surface area contributed by atoms with E-state index in [4.69, 9.17) is 11.6 Å². The van der Waals surface area contributed by atoms with E-state index >= 15 is 0 Å². The summed E-state index contributed by atoms with van der Waals surface area (Å²) in [7, 11) is 0. The van der Waals surface area contributed by atoms with Crippen LogP contribution in [0.5, 0.6) is 0 Å². The van der Waals surface area contributed by atoms with Crippen LogP contribution in [0.1, 0.15) is 11.3 Å². The Bertz CT molecular complexity index is 844. The molecule has 4 nitrogen and oxygen atoms in total. The van der Waals surface area contributed by atoms with Crippen molar-refractivity contribution in [1.82, 2.24) is 15.3 Å². The van der Waals surface area contributed by atoms with Crippen molar-refractivity contribution in [2.75, 3.05) is 0 Å². The summed E-state index contributed by atoms with van der Waals surface area (Å²) in [5.41, 5.74) is 2.57. The van der Waals surface area contributed by atoms with Gasteiger partial charge in [-0.2, -0.15) is 0 Å². The molecule has 0 saturated heterocycles. The zero-order valence-corrected chi connectivity index (χ0v) is 14.2. The van der Waals surface area contributed by atoms with Gasteiger partial charge in [0.15, 0.2) is 0 Å². The van der Waals surface area contributed by atoms with E-state index in [-0.39, 0.29) is 5.91 Å². The van der Waals surface area contributed by atoms with Crippen LogP contribution < -0.4 is 5.32 Å². The molecule has 0 spiro atoms. The third-order valence-electron chi connectivity index (χ3n) is 3.18. The summed E-state index contributed by atoms with van der Waals surface area (Å²) in [4.78, 5) is 20.6. The van der Waals surface area contributed by atoms with Crippen molar-refractivity contribution in [2.24, 2.45) is 0 Å². The van der Waals surface area contributed by atoms with Crippen LogP contribution >= 0.6 is 22.9 Å². The first-order valence-corrected chi connectivity index (χ1v) is 8.54. The van der Waals surface area contributed by atoms with Crippen LogP contribution in [0.25, 0.3) is 16.8 Å². The molecule has 24 heavy (non-hydrogen) atoms. The zero-order valence-electron chi connectivity index (χ0n) is 12.6. The summed E-state index contributed by atoms with van der Waals surface area (Å²) in [6, 6.07) is 13.0. The third kappa shape index (κ3) is 4.50. The van der Waals surface area contributed by atoms with Crippen molar-refractivity contribution in [1.29, 1.82) is 0 Å². The van der Waals surface area contributed by atoms with Gasteiger partial charge in [0.1, 0.15) is 5.01 Å². The van der Waals surface area contributed by atoms with Gasteiger partial charge in [-0.3, -0.25) is 9.78 Å². The Morgan fingerprint density at radius 3 is 2.79 bits per heavy atom. The van der Waals surface area contributed by atoms with Crippen molar-refractivity contribution in [3.8, 4) is 10.7 Å². The van der Waals surface area contributed by atoms with Crippen LogP contribution in [0.2, 0.25) is 5.02 Å². The summed E-state index contributed by atoms with van der Waals surface area (Å²) in [6.07, 6.45) is 4.97. The number of carbonyl (C=O) groups excluding carboxylic acids is 1. The Morgan fingerprint density at radius 2 is 2.04 bits per heavy atom. The molecule has 3 aromatic rings. The molecule has 1 N–H and O–H groups in total. The van der Waals surface area contributed by atoms with Gasteiger partial charge in [-0.25, -0.2) is 4.98 Å². The van der Waals surface area contributed by atoms with Crippen LogP contribution in [0.15, 0.2) is 60.1 Å². The van der Waals surface area contributed by atoms with E-state index in [0.717, 1.165) is 22.0 Å². The predicted molar refractivity (Wildman–Crippen MR) is 97.7 cm³/mol. The van der Waals surface area contributed by atoms with Gasteiger partial charge in [0, 0.05) is 22.7 Å². The molecule has 0 aliphatic heterocycles. The van der Waals surface area contributed by atoms with Gasteiger partial charge in [0.05, 0.1) is 17.9 Å². The minimum absolute atomic E-state index is 0.169. The number of hydrogen-bond acceptors (Lipinski definition) is 4. The maximum absolute atomic E-state index is 11.9. The first-order chi connectivity index (χ1) is 11.7. The van der Waals surface area contributed by atoms with Crippen LogP contribution in [-0.4, -0.2) is 15.9 Å². The molecule has 0 unspecified atom stereocenters. The normalized spacial score (nSPS) is 10.9. The van der Waals surface area contributed by atoms with Crippen LogP contribution in [-0.2, 0) is 11.3 Å². The number of rotatable bonds is 5. The van der Waals surface area contributed by atoms with Crippen LogP contribution in [0, 0.1) is 0 Å². The first-order valence-electron chi connectivity index (χ1n) is 7.28. The van der Waals surface area contributed by atoms with E-state index in [1.54, 1.807) is 24.4 Å². The van der Waals surface area contributed by atoms with E-state index in [1.165, 1.54) is 17.4 Å². The quantitative estimate of drug-likeness (QED) is 0.698. The van der Waals surface area contributed by atoms with E-state index < -0.39 is 0 Å². The Balaban J connectivity index is 1.55. The zero-order chi connectivity index (χ0) is 16.8. The van der Waals surface area contributed by atoms with Gasteiger partial charge in [-0.05, 0) is 35.9 Å². The largest absolute Gasteiger partial charge is 0.347 e. The lowest BCUT2D eigenvalue weighted by Gasteiger charge is -1.99. The summed E-state index contributed by atoms with van der Waals surface area (Å²) >= 11 is 7.33. The number of nitrogens with zero attached hydrogens (tertiary/aromatic N) is 2. The number of thiazole rings is 1. The second kappa shape index (κ2) is 7.86. The number of halogens is 1. The minimum atomic E-state index is -0.169. The molecule has 1 amide bonds. The SMILES string of the molecule is O=C(/C=C/c1ccc(Cl)cc1)NCc1csc(-c2ccccn2)n1. The molecule has 3 rings (SSSR count). The van der Waals surface area contributed by atoms with Crippen molar-refractivity contribution in [3.05, 3.63) is 76.4 Å². The number of pyridine rings is 1. The van der Waals surface area contributed by atoms with Gasteiger partial charge in [-0.1, -0.05) is 29.8 Å². The number of amides is 1. The number of benzene rings is 1. The average molecular weight is 356 g/mol. The fourth-order valence-corrected chi connectivity index (χ4v) is 2.90. The molecule has 2 heterocycles. The van der Waals surface area contributed by atoms with Crippen molar-refractivity contribution in [3.63, 3.8) is 0 Å². The maximum Gasteiger partial charge on any atom is 0.244 e. The van der Waals surface area contributed by atoms with E-state index in [2.05, 4.69) is 15.3 Å². The van der Waals surface area contributed by atoms with Crippen molar-refractivity contribution in [2.45, 2.75) is 6.54 Å². The van der Waals surface area contributed by atoms with Gasteiger partial charge >= 0.3 is 0 Å². The van der Waals surface area contributed by atoms with Crippen molar-refractivity contribution >= 4 is 34.9 Å². The molecule has 0 bridgehead atoms. The highest BCUT2D eigenvalue weighted by molar-refractivity contribution is 7.13. The van der Waals surface area contributed by atoms with Crippen LogP contribution in [0.3, 0.4) is 0 Å².